The molecule has 0 spiro atoms. The molecule has 0 saturated carbocycles. The van der Waals surface area contributed by atoms with Crippen LogP contribution in [0.3, 0.4) is 0 Å². The Balaban J connectivity index is 2.07. The van der Waals surface area contributed by atoms with Gasteiger partial charge in [-0.3, -0.25) is 9.69 Å². The summed E-state index contributed by atoms with van der Waals surface area (Å²) in [5.74, 6) is -0.506. The molecule has 1 aromatic rings. The van der Waals surface area contributed by atoms with Crippen molar-refractivity contribution in [3.63, 3.8) is 0 Å². The SMILES string of the molecule is [2H]CC(C)(C)N1C(=O)C([2H])([2H])Nc2ncc(B3OC(C)(C)C(C)(C)O3)nc21. The maximum absolute atomic E-state index is 12.7. The van der Waals surface area contributed by atoms with Crippen molar-refractivity contribution in [2.45, 2.75) is 65.2 Å². The number of nitrogens with zero attached hydrogens (tertiary/aromatic N) is 3. The molecule has 7 nitrogen and oxygen atoms in total. The van der Waals surface area contributed by atoms with Crippen LogP contribution >= 0.6 is 0 Å². The second-order valence-electron chi connectivity index (χ2n) is 7.76. The molecule has 1 aromatic heterocycles. The first-order chi connectivity index (χ1) is 12.2. The summed E-state index contributed by atoms with van der Waals surface area (Å²) >= 11 is 0. The number of hydrogen-bond acceptors (Lipinski definition) is 6. The van der Waals surface area contributed by atoms with Gasteiger partial charge in [0.2, 0.25) is 5.91 Å². The molecule has 3 heterocycles. The van der Waals surface area contributed by atoms with Crippen molar-refractivity contribution in [2.75, 3.05) is 16.7 Å². The standard InChI is InChI=1S/C16H25BN4O3/c1-14(2,3)21-11(22)9-19-12-13(21)20-10(8-18-12)17-23-15(4,5)16(6,7)24-17/h8H,9H2,1-7H3,(H,18,19)/i1D,9D2. The van der Waals surface area contributed by atoms with Gasteiger partial charge in [-0.15, -0.1) is 0 Å². The molecule has 8 heteroatoms. The fourth-order valence-electron chi connectivity index (χ4n) is 2.54. The summed E-state index contributed by atoms with van der Waals surface area (Å²) in [5.41, 5.74) is -1.69. The molecular weight excluding hydrogens is 307 g/mol. The molecule has 1 N–H and O–H groups in total. The molecule has 2 aliphatic heterocycles. The third kappa shape index (κ3) is 2.67. The Labute approximate surface area is 147 Å². The van der Waals surface area contributed by atoms with Gasteiger partial charge in [-0.25, -0.2) is 9.97 Å². The Bertz CT molecular complexity index is 772. The lowest BCUT2D eigenvalue weighted by atomic mass is 9.85. The molecule has 0 unspecified atom stereocenters. The molecule has 1 fully saturated rings. The van der Waals surface area contributed by atoms with E-state index in [9.17, 15) is 4.79 Å². The van der Waals surface area contributed by atoms with Gasteiger partial charge in [0, 0.05) is 13.1 Å². The number of carbonyl (C=O) groups excluding carboxylic acids is 1. The Morgan fingerprint density at radius 3 is 2.58 bits per heavy atom. The zero-order chi connectivity index (χ0) is 20.4. The number of anilines is 2. The second-order valence-corrected chi connectivity index (χ2v) is 7.76. The molecule has 1 amide bonds. The minimum Gasteiger partial charge on any atom is -0.398 e. The van der Waals surface area contributed by atoms with E-state index < -0.39 is 36.3 Å². The van der Waals surface area contributed by atoms with Crippen LogP contribution in [-0.2, 0) is 14.1 Å². The number of rotatable bonds is 1. The van der Waals surface area contributed by atoms with Crippen LogP contribution in [0.25, 0.3) is 0 Å². The van der Waals surface area contributed by atoms with Crippen LogP contribution in [0, 0.1) is 0 Å². The minimum absolute atomic E-state index is 0.128. The Morgan fingerprint density at radius 1 is 1.38 bits per heavy atom. The highest BCUT2D eigenvalue weighted by Gasteiger charge is 2.53. The first-order valence-corrected chi connectivity index (χ1v) is 7.86. The summed E-state index contributed by atoms with van der Waals surface area (Å²) in [6, 6.07) is 0. The summed E-state index contributed by atoms with van der Waals surface area (Å²) < 4.78 is 35.7. The third-order valence-electron chi connectivity index (χ3n) is 4.58. The molecule has 2 aliphatic rings. The van der Waals surface area contributed by atoms with E-state index in [1.165, 1.54) is 11.1 Å². The Kier molecular flexibility index (Phi) is 2.93. The van der Waals surface area contributed by atoms with Crippen molar-refractivity contribution in [1.82, 2.24) is 9.97 Å². The van der Waals surface area contributed by atoms with Crippen molar-refractivity contribution in [1.29, 1.82) is 0 Å². The van der Waals surface area contributed by atoms with Gasteiger partial charge in [0.05, 0.1) is 26.0 Å². The lowest BCUT2D eigenvalue weighted by Gasteiger charge is -2.38. The van der Waals surface area contributed by atoms with Crippen molar-refractivity contribution >= 4 is 30.3 Å². The average Bonchev–Trinajstić information content (AvgIpc) is 2.75. The maximum Gasteiger partial charge on any atom is 0.516 e. The first kappa shape index (κ1) is 13.6. The monoisotopic (exact) mass is 335 g/mol. The summed E-state index contributed by atoms with van der Waals surface area (Å²) in [4.78, 5) is 22.7. The second kappa shape index (κ2) is 5.16. The van der Waals surface area contributed by atoms with Gasteiger partial charge in [0.1, 0.15) is 0 Å². The van der Waals surface area contributed by atoms with Crippen LogP contribution in [0.15, 0.2) is 6.20 Å². The maximum atomic E-state index is 12.7. The van der Waals surface area contributed by atoms with E-state index in [2.05, 4.69) is 15.3 Å². The summed E-state index contributed by atoms with van der Waals surface area (Å²) in [6.07, 6.45) is 1.45. The van der Waals surface area contributed by atoms with E-state index >= 15 is 0 Å². The normalized spacial score (nSPS) is 26.2. The molecule has 0 atom stereocenters. The van der Waals surface area contributed by atoms with Crippen molar-refractivity contribution in [2.24, 2.45) is 0 Å². The number of nitrogens with one attached hydrogen (secondary N) is 1. The molecule has 0 aromatic carbocycles. The predicted molar refractivity (Wildman–Crippen MR) is 93.5 cm³/mol. The number of carbonyl (C=O) groups is 1. The molecule has 24 heavy (non-hydrogen) atoms. The van der Waals surface area contributed by atoms with Crippen LogP contribution in [0.5, 0.6) is 0 Å². The Hall–Kier alpha value is -1.67. The van der Waals surface area contributed by atoms with E-state index in [1.54, 1.807) is 13.8 Å². The van der Waals surface area contributed by atoms with Crippen LogP contribution in [0.1, 0.15) is 52.6 Å². The van der Waals surface area contributed by atoms with Gasteiger partial charge in [-0.2, -0.15) is 0 Å². The van der Waals surface area contributed by atoms with E-state index in [0.29, 0.717) is 5.59 Å². The quantitative estimate of drug-likeness (QED) is 0.781. The molecule has 0 radical (unpaired) electrons. The van der Waals surface area contributed by atoms with Crippen molar-refractivity contribution < 1.29 is 18.2 Å². The Morgan fingerprint density at radius 2 is 2.00 bits per heavy atom. The lowest BCUT2D eigenvalue weighted by molar-refractivity contribution is -0.118. The van der Waals surface area contributed by atoms with Crippen LogP contribution in [-0.4, -0.2) is 46.2 Å². The molecule has 1 saturated heterocycles. The van der Waals surface area contributed by atoms with E-state index in [0.717, 1.165) is 0 Å². The summed E-state index contributed by atoms with van der Waals surface area (Å²) in [6.45, 7) is 8.61. The van der Waals surface area contributed by atoms with Gasteiger partial charge < -0.3 is 14.6 Å². The van der Waals surface area contributed by atoms with Gasteiger partial charge in [0.15, 0.2) is 11.6 Å². The third-order valence-corrected chi connectivity index (χ3v) is 4.58. The van der Waals surface area contributed by atoms with Crippen molar-refractivity contribution in [3.05, 3.63) is 6.20 Å². The minimum atomic E-state index is -2.33. The summed E-state index contributed by atoms with van der Waals surface area (Å²) in [7, 11) is -0.762. The largest absolute Gasteiger partial charge is 0.516 e. The zero-order valence-electron chi connectivity index (χ0n) is 17.9. The van der Waals surface area contributed by atoms with Gasteiger partial charge in [-0.05, 0) is 48.4 Å². The molecule has 3 rings (SSSR count). The number of amides is 1. The summed E-state index contributed by atoms with van der Waals surface area (Å²) in [5, 5.41) is 2.49. The van der Waals surface area contributed by atoms with Crippen LogP contribution in [0.4, 0.5) is 11.6 Å². The topological polar surface area (TPSA) is 76.6 Å². The van der Waals surface area contributed by atoms with E-state index in [4.69, 9.17) is 13.4 Å². The fraction of sp³-hybridized carbons (Fsp3) is 0.688. The zero-order valence-corrected chi connectivity index (χ0v) is 14.9. The smallest absolute Gasteiger partial charge is 0.398 e. The first-order valence-electron chi connectivity index (χ1n) is 9.57. The molecule has 0 bridgehead atoms. The van der Waals surface area contributed by atoms with E-state index in [1.807, 2.05) is 27.7 Å². The number of aromatic nitrogens is 2. The highest BCUT2D eigenvalue weighted by molar-refractivity contribution is 6.61. The van der Waals surface area contributed by atoms with Gasteiger partial charge in [-0.1, -0.05) is 0 Å². The molecule has 130 valence electrons. The van der Waals surface area contributed by atoms with Crippen molar-refractivity contribution in [3.8, 4) is 0 Å². The number of fused-ring (bicyclic) bond motifs is 1. The predicted octanol–water partition coefficient (Wildman–Crippen LogP) is 1.33. The lowest BCUT2D eigenvalue weighted by Crippen LogP contribution is -2.52. The average molecular weight is 335 g/mol. The highest BCUT2D eigenvalue weighted by Crippen LogP contribution is 2.37. The number of hydrogen-bond donors (Lipinski definition) is 1. The van der Waals surface area contributed by atoms with Gasteiger partial charge >= 0.3 is 7.12 Å². The highest BCUT2D eigenvalue weighted by atomic mass is 16.7. The van der Waals surface area contributed by atoms with Gasteiger partial charge in [0.25, 0.3) is 0 Å². The fourth-order valence-corrected chi connectivity index (χ4v) is 2.54. The molecular formula is C16H25BN4O3. The van der Waals surface area contributed by atoms with Crippen LogP contribution < -0.4 is 15.8 Å². The van der Waals surface area contributed by atoms with Crippen LogP contribution in [0.2, 0.25) is 0 Å². The van der Waals surface area contributed by atoms with E-state index in [-0.39, 0.29) is 18.5 Å². The molecule has 0 aliphatic carbocycles.